The van der Waals surface area contributed by atoms with Crippen LogP contribution in [-0.2, 0) is 10.2 Å². The zero-order valence-corrected chi connectivity index (χ0v) is 13.4. The fourth-order valence-electron chi connectivity index (χ4n) is 3.02. The van der Waals surface area contributed by atoms with Crippen molar-refractivity contribution in [1.29, 1.82) is 0 Å². The van der Waals surface area contributed by atoms with Crippen LogP contribution in [0, 0.1) is 0 Å². The Balaban J connectivity index is 2.21. The monoisotopic (exact) mass is 339 g/mol. The van der Waals surface area contributed by atoms with Crippen molar-refractivity contribution in [2.45, 2.75) is 50.5 Å². The molecule has 1 aliphatic carbocycles. The lowest BCUT2D eigenvalue weighted by Crippen LogP contribution is -2.46. The van der Waals surface area contributed by atoms with Crippen molar-refractivity contribution in [2.75, 3.05) is 6.61 Å². The number of nitrogens with one attached hydrogen (secondary N) is 1. The van der Waals surface area contributed by atoms with Gasteiger partial charge in [-0.2, -0.15) is 0 Å². The highest BCUT2D eigenvalue weighted by atomic mass is 79.9. The number of aliphatic hydroxyl groups is 1. The van der Waals surface area contributed by atoms with Crippen LogP contribution in [0.15, 0.2) is 28.7 Å². The lowest BCUT2D eigenvalue weighted by Gasteiger charge is -2.30. The van der Waals surface area contributed by atoms with Crippen molar-refractivity contribution in [2.24, 2.45) is 0 Å². The molecule has 0 aliphatic heterocycles. The average molecular weight is 340 g/mol. The van der Waals surface area contributed by atoms with Gasteiger partial charge in [0.2, 0.25) is 5.91 Å². The number of amides is 1. The first-order valence-electron chi connectivity index (χ1n) is 7.26. The standard InChI is InChI=1S/C16H22BrNO2/c1-12(8-11-19)18-15(20)16(9-2-3-10-16)13-4-6-14(17)7-5-13/h4-7,12,19H,2-3,8-11H2,1H3,(H,18,20). The molecule has 4 heteroatoms. The van der Waals surface area contributed by atoms with Gasteiger partial charge in [0, 0.05) is 17.1 Å². The summed E-state index contributed by atoms with van der Waals surface area (Å²) in [6.45, 7) is 2.05. The van der Waals surface area contributed by atoms with E-state index in [-0.39, 0.29) is 24.0 Å². The molecule has 0 aromatic heterocycles. The third-order valence-corrected chi connectivity index (χ3v) is 4.76. The summed E-state index contributed by atoms with van der Waals surface area (Å²) in [5.41, 5.74) is 0.719. The van der Waals surface area contributed by atoms with E-state index in [1.807, 2.05) is 31.2 Å². The van der Waals surface area contributed by atoms with Crippen LogP contribution in [0.5, 0.6) is 0 Å². The summed E-state index contributed by atoms with van der Waals surface area (Å²) in [5.74, 6) is 0.110. The maximum Gasteiger partial charge on any atom is 0.230 e. The molecule has 1 amide bonds. The smallest absolute Gasteiger partial charge is 0.230 e. The number of carbonyl (C=O) groups excluding carboxylic acids is 1. The van der Waals surface area contributed by atoms with Gasteiger partial charge in [0.1, 0.15) is 0 Å². The van der Waals surface area contributed by atoms with Crippen LogP contribution in [0.3, 0.4) is 0 Å². The van der Waals surface area contributed by atoms with Gasteiger partial charge in [-0.15, -0.1) is 0 Å². The van der Waals surface area contributed by atoms with Gasteiger partial charge >= 0.3 is 0 Å². The Kier molecular flexibility index (Phi) is 5.22. The van der Waals surface area contributed by atoms with Crippen molar-refractivity contribution in [3.8, 4) is 0 Å². The van der Waals surface area contributed by atoms with Crippen LogP contribution in [-0.4, -0.2) is 23.7 Å². The van der Waals surface area contributed by atoms with Crippen LogP contribution in [0.1, 0.15) is 44.6 Å². The molecule has 1 saturated carbocycles. The normalized spacial score (nSPS) is 18.8. The molecule has 20 heavy (non-hydrogen) atoms. The van der Waals surface area contributed by atoms with Crippen LogP contribution >= 0.6 is 15.9 Å². The molecule has 2 N–H and O–H groups in total. The van der Waals surface area contributed by atoms with Crippen molar-refractivity contribution in [3.05, 3.63) is 34.3 Å². The summed E-state index contributed by atoms with van der Waals surface area (Å²) < 4.78 is 1.03. The van der Waals surface area contributed by atoms with Crippen LogP contribution < -0.4 is 5.32 Å². The second kappa shape index (κ2) is 6.72. The third-order valence-electron chi connectivity index (χ3n) is 4.23. The minimum Gasteiger partial charge on any atom is -0.396 e. The molecule has 0 bridgehead atoms. The quantitative estimate of drug-likeness (QED) is 0.865. The van der Waals surface area contributed by atoms with Gasteiger partial charge in [0.25, 0.3) is 0 Å². The predicted octanol–water partition coefficient (Wildman–Crippen LogP) is 3.15. The van der Waals surface area contributed by atoms with Gasteiger partial charge < -0.3 is 10.4 Å². The molecule has 1 aliphatic rings. The Morgan fingerprint density at radius 2 is 1.95 bits per heavy atom. The van der Waals surface area contributed by atoms with E-state index < -0.39 is 0 Å². The van der Waals surface area contributed by atoms with Crippen LogP contribution in [0.2, 0.25) is 0 Å². The number of halogens is 1. The minimum absolute atomic E-state index is 0.0143. The topological polar surface area (TPSA) is 49.3 Å². The molecule has 0 heterocycles. The molecule has 0 saturated heterocycles. The van der Waals surface area contributed by atoms with Gasteiger partial charge in [0.15, 0.2) is 0 Å². The fraction of sp³-hybridized carbons (Fsp3) is 0.562. The van der Waals surface area contributed by atoms with E-state index >= 15 is 0 Å². The summed E-state index contributed by atoms with van der Waals surface area (Å²) in [6.07, 6.45) is 4.61. The van der Waals surface area contributed by atoms with E-state index in [9.17, 15) is 4.79 Å². The van der Waals surface area contributed by atoms with Gasteiger partial charge in [-0.25, -0.2) is 0 Å². The van der Waals surface area contributed by atoms with E-state index in [2.05, 4.69) is 21.2 Å². The highest BCUT2D eigenvalue weighted by molar-refractivity contribution is 9.10. The van der Waals surface area contributed by atoms with E-state index in [1.54, 1.807) is 0 Å². The molecule has 0 radical (unpaired) electrons. The zero-order chi connectivity index (χ0) is 14.6. The molecule has 110 valence electrons. The number of benzene rings is 1. The molecule has 1 aromatic rings. The maximum absolute atomic E-state index is 12.7. The number of rotatable bonds is 5. The van der Waals surface area contributed by atoms with Crippen LogP contribution in [0.4, 0.5) is 0 Å². The fourth-order valence-corrected chi connectivity index (χ4v) is 3.29. The summed E-state index contributed by atoms with van der Waals surface area (Å²) in [6, 6.07) is 8.11. The molecule has 1 fully saturated rings. The Morgan fingerprint density at radius 1 is 1.35 bits per heavy atom. The molecule has 1 aromatic carbocycles. The van der Waals surface area contributed by atoms with Crippen molar-refractivity contribution in [3.63, 3.8) is 0 Å². The molecule has 1 atom stereocenters. The van der Waals surface area contributed by atoms with Gasteiger partial charge in [-0.05, 0) is 43.9 Å². The second-order valence-electron chi connectivity index (χ2n) is 5.68. The predicted molar refractivity (Wildman–Crippen MR) is 83.6 cm³/mol. The molecular weight excluding hydrogens is 318 g/mol. The highest BCUT2D eigenvalue weighted by Crippen LogP contribution is 2.41. The first-order chi connectivity index (χ1) is 9.58. The van der Waals surface area contributed by atoms with E-state index in [0.29, 0.717) is 6.42 Å². The van der Waals surface area contributed by atoms with Gasteiger partial charge in [0.05, 0.1) is 5.41 Å². The largest absolute Gasteiger partial charge is 0.396 e. The van der Waals surface area contributed by atoms with Crippen molar-refractivity contribution < 1.29 is 9.90 Å². The molecular formula is C16H22BrNO2. The molecule has 0 spiro atoms. The number of hydrogen-bond acceptors (Lipinski definition) is 2. The van der Waals surface area contributed by atoms with Crippen molar-refractivity contribution >= 4 is 21.8 Å². The second-order valence-corrected chi connectivity index (χ2v) is 6.60. The van der Waals surface area contributed by atoms with Gasteiger partial charge in [-0.3, -0.25) is 4.79 Å². The van der Waals surface area contributed by atoms with Gasteiger partial charge in [-0.1, -0.05) is 40.9 Å². The minimum atomic E-state index is -0.385. The number of hydrogen-bond donors (Lipinski definition) is 2. The molecule has 2 rings (SSSR count). The highest BCUT2D eigenvalue weighted by Gasteiger charge is 2.42. The SMILES string of the molecule is CC(CCO)NC(=O)C1(c2ccc(Br)cc2)CCCC1. The van der Waals surface area contributed by atoms with E-state index in [4.69, 9.17) is 5.11 Å². The number of carbonyl (C=O) groups is 1. The summed E-state index contributed by atoms with van der Waals surface area (Å²) in [4.78, 5) is 12.7. The average Bonchev–Trinajstić information content (AvgIpc) is 2.90. The Hall–Kier alpha value is -0.870. The Bertz CT molecular complexity index is 452. The lowest BCUT2D eigenvalue weighted by molar-refractivity contribution is -0.127. The zero-order valence-electron chi connectivity index (χ0n) is 11.9. The first-order valence-corrected chi connectivity index (χ1v) is 8.06. The Morgan fingerprint density at radius 3 is 2.50 bits per heavy atom. The van der Waals surface area contributed by atoms with Crippen LogP contribution in [0.25, 0.3) is 0 Å². The van der Waals surface area contributed by atoms with E-state index in [1.165, 1.54) is 0 Å². The molecule has 3 nitrogen and oxygen atoms in total. The first kappa shape index (κ1) is 15.5. The Labute approximate surface area is 128 Å². The summed E-state index contributed by atoms with van der Waals surface area (Å²) in [7, 11) is 0. The summed E-state index contributed by atoms with van der Waals surface area (Å²) in [5, 5.41) is 12.0. The van der Waals surface area contributed by atoms with Crippen molar-refractivity contribution in [1.82, 2.24) is 5.32 Å². The number of aliphatic hydroxyl groups excluding tert-OH is 1. The maximum atomic E-state index is 12.7. The molecule has 1 unspecified atom stereocenters. The lowest BCUT2D eigenvalue weighted by atomic mass is 9.78. The summed E-state index contributed by atoms with van der Waals surface area (Å²) >= 11 is 3.44. The third kappa shape index (κ3) is 3.23. The van der Waals surface area contributed by atoms with E-state index in [0.717, 1.165) is 35.7 Å².